The maximum Gasteiger partial charge on any atom is 0.0433 e. The highest BCUT2D eigenvalue weighted by molar-refractivity contribution is 4.52. The van der Waals surface area contributed by atoms with E-state index in [0.29, 0.717) is 5.92 Å². The van der Waals surface area contributed by atoms with E-state index in [2.05, 4.69) is 13.2 Å². The molecule has 0 aromatic carbocycles. The van der Waals surface area contributed by atoms with Crippen LogP contribution in [-0.4, -0.2) is 23.4 Å². The van der Waals surface area contributed by atoms with Crippen LogP contribution in [0.1, 0.15) is 33.6 Å². The Morgan fingerprint density at radius 1 is 1.00 bits per heavy atom. The van der Waals surface area contributed by atoms with Gasteiger partial charge in [0.1, 0.15) is 0 Å². The van der Waals surface area contributed by atoms with Crippen LogP contribution in [0.4, 0.5) is 0 Å². The number of allylic oxidation sites excluding steroid dienone is 2. The summed E-state index contributed by atoms with van der Waals surface area (Å²) in [4.78, 5) is 0. The molecule has 0 spiro atoms. The summed E-state index contributed by atoms with van der Waals surface area (Å²) in [6.07, 6.45) is 5.11. The summed E-state index contributed by atoms with van der Waals surface area (Å²) in [6, 6.07) is 0. The van der Waals surface area contributed by atoms with Gasteiger partial charge in [0, 0.05) is 13.2 Å². The molecule has 2 heteroatoms. The lowest BCUT2D eigenvalue weighted by Gasteiger charge is -2.04. The van der Waals surface area contributed by atoms with Crippen LogP contribution in [0.2, 0.25) is 0 Å². The second-order valence-electron chi connectivity index (χ2n) is 2.95. The molecule has 86 valence electrons. The highest BCUT2D eigenvalue weighted by Gasteiger charge is 1.97. The maximum atomic E-state index is 8.38. The van der Waals surface area contributed by atoms with Crippen molar-refractivity contribution >= 4 is 0 Å². The van der Waals surface area contributed by atoms with E-state index in [1.165, 1.54) is 0 Å². The van der Waals surface area contributed by atoms with Gasteiger partial charge in [-0.2, -0.15) is 0 Å². The first-order valence-electron chi connectivity index (χ1n) is 5.00. The molecule has 0 heterocycles. The van der Waals surface area contributed by atoms with Crippen LogP contribution in [-0.2, 0) is 0 Å². The van der Waals surface area contributed by atoms with Crippen LogP contribution in [0.5, 0.6) is 0 Å². The van der Waals surface area contributed by atoms with Crippen molar-refractivity contribution in [1.82, 2.24) is 0 Å². The predicted octanol–water partition coefficient (Wildman–Crippen LogP) is 2.77. The molecule has 0 atom stereocenters. The molecular weight excluding hydrogens is 176 g/mol. The van der Waals surface area contributed by atoms with E-state index in [4.69, 9.17) is 10.2 Å². The normalized spacial score (nSPS) is 7.86. The summed E-state index contributed by atoms with van der Waals surface area (Å²) >= 11 is 0. The summed E-state index contributed by atoms with van der Waals surface area (Å²) < 4.78 is 0. The van der Waals surface area contributed by atoms with Gasteiger partial charge in [-0.1, -0.05) is 19.1 Å². The van der Waals surface area contributed by atoms with Crippen molar-refractivity contribution < 1.29 is 10.2 Å². The first-order valence-corrected chi connectivity index (χ1v) is 5.00. The fourth-order valence-electron chi connectivity index (χ4n) is 0.585. The topological polar surface area (TPSA) is 40.5 Å². The molecular formula is C12H26O2. The van der Waals surface area contributed by atoms with E-state index >= 15 is 0 Å². The third kappa shape index (κ3) is 42.3. The van der Waals surface area contributed by atoms with Gasteiger partial charge >= 0.3 is 0 Å². The zero-order valence-corrected chi connectivity index (χ0v) is 9.87. The lowest BCUT2D eigenvalue weighted by atomic mass is 10.1. The number of rotatable bonds is 4. The van der Waals surface area contributed by atoms with E-state index in [1.807, 2.05) is 20.8 Å². The van der Waals surface area contributed by atoms with Crippen LogP contribution >= 0.6 is 0 Å². The Bertz CT molecular complexity index is 88.5. The molecule has 0 saturated heterocycles. The SMILES string of the molecule is C=CC.C=CC.CC(CCO)CCO. The van der Waals surface area contributed by atoms with Crippen molar-refractivity contribution in [2.24, 2.45) is 5.92 Å². The molecule has 2 N–H and O–H groups in total. The number of aliphatic hydroxyl groups is 2. The van der Waals surface area contributed by atoms with Gasteiger partial charge in [-0.15, -0.1) is 13.2 Å². The Labute approximate surface area is 89.0 Å². The average Bonchev–Trinajstić information content (AvgIpc) is 2.07. The number of hydrogen-bond acceptors (Lipinski definition) is 2. The molecule has 0 aliphatic carbocycles. The van der Waals surface area contributed by atoms with E-state index in [0.717, 1.165) is 12.8 Å². The third-order valence-corrected chi connectivity index (χ3v) is 1.24. The lowest BCUT2D eigenvalue weighted by molar-refractivity contribution is 0.223. The first kappa shape index (κ1) is 19.0. The van der Waals surface area contributed by atoms with E-state index in [-0.39, 0.29) is 13.2 Å². The van der Waals surface area contributed by atoms with Gasteiger partial charge in [-0.05, 0) is 32.6 Å². The van der Waals surface area contributed by atoms with Gasteiger partial charge in [-0.3, -0.25) is 0 Å². The summed E-state index contributed by atoms with van der Waals surface area (Å²) in [5, 5.41) is 16.8. The van der Waals surface area contributed by atoms with Crippen LogP contribution < -0.4 is 0 Å². The molecule has 0 unspecified atom stereocenters. The van der Waals surface area contributed by atoms with Gasteiger partial charge in [0.25, 0.3) is 0 Å². The van der Waals surface area contributed by atoms with Gasteiger partial charge in [0.15, 0.2) is 0 Å². The van der Waals surface area contributed by atoms with E-state index < -0.39 is 0 Å². The predicted molar refractivity (Wildman–Crippen MR) is 64.3 cm³/mol. The summed E-state index contributed by atoms with van der Waals surface area (Å²) in [5.74, 6) is 0.463. The van der Waals surface area contributed by atoms with E-state index in [9.17, 15) is 0 Å². The molecule has 0 aromatic rings. The molecule has 0 aliphatic rings. The summed E-state index contributed by atoms with van der Waals surface area (Å²) in [7, 11) is 0. The molecule has 0 aliphatic heterocycles. The van der Waals surface area contributed by atoms with Crippen LogP contribution in [0.15, 0.2) is 25.3 Å². The second kappa shape index (κ2) is 22.8. The average molecular weight is 202 g/mol. The van der Waals surface area contributed by atoms with Crippen molar-refractivity contribution in [2.45, 2.75) is 33.6 Å². The number of hydrogen-bond donors (Lipinski definition) is 2. The minimum atomic E-state index is 0.237. The highest BCUT2D eigenvalue weighted by Crippen LogP contribution is 2.03. The zero-order valence-electron chi connectivity index (χ0n) is 9.87. The third-order valence-electron chi connectivity index (χ3n) is 1.24. The largest absolute Gasteiger partial charge is 0.396 e. The van der Waals surface area contributed by atoms with Crippen molar-refractivity contribution in [3.05, 3.63) is 25.3 Å². The highest BCUT2D eigenvalue weighted by atomic mass is 16.3. The molecule has 0 bridgehead atoms. The lowest BCUT2D eigenvalue weighted by Crippen LogP contribution is -1.99. The molecule has 0 rings (SSSR count). The van der Waals surface area contributed by atoms with Crippen molar-refractivity contribution in [3.8, 4) is 0 Å². The standard InChI is InChI=1S/C6H14O2.2C3H6/c1-6(2-4-7)3-5-8;2*1-3-2/h6-8H,2-5H2,1H3;2*3H,1H2,2H3. The van der Waals surface area contributed by atoms with Gasteiger partial charge in [-0.25, -0.2) is 0 Å². The minimum absolute atomic E-state index is 0.237. The van der Waals surface area contributed by atoms with E-state index in [1.54, 1.807) is 12.2 Å². The molecule has 0 saturated carbocycles. The fourth-order valence-corrected chi connectivity index (χ4v) is 0.585. The van der Waals surface area contributed by atoms with Gasteiger partial charge < -0.3 is 10.2 Å². The summed E-state index contributed by atoms with van der Waals surface area (Å²) in [6.45, 7) is 13.0. The molecule has 0 aromatic heterocycles. The smallest absolute Gasteiger partial charge is 0.0433 e. The van der Waals surface area contributed by atoms with Gasteiger partial charge in [0.2, 0.25) is 0 Å². The Morgan fingerprint density at radius 3 is 1.36 bits per heavy atom. The summed E-state index contributed by atoms with van der Waals surface area (Å²) in [5.41, 5.74) is 0. The monoisotopic (exact) mass is 202 g/mol. The molecule has 0 fully saturated rings. The maximum absolute atomic E-state index is 8.38. The van der Waals surface area contributed by atoms with Crippen molar-refractivity contribution in [1.29, 1.82) is 0 Å². The molecule has 0 amide bonds. The fraction of sp³-hybridized carbons (Fsp3) is 0.667. The van der Waals surface area contributed by atoms with Crippen LogP contribution in [0.25, 0.3) is 0 Å². The minimum Gasteiger partial charge on any atom is -0.396 e. The molecule has 2 nitrogen and oxygen atoms in total. The zero-order chi connectivity index (χ0) is 11.8. The quantitative estimate of drug-likeness (QED) is 0.688. The first-order chi connectivity index (χ1) is 6.64. The van der Waals surface area contributed by atoms with Crippen molar-refractivity contribution in [3.63, 3.8) is 0 Å². The Hall–Kier alpha value is -0.600. The molecule has 0 radical (unpaired) electrons. The Kier molecular flexibility index (Phi) is 31.1. The van der Waals surface area contributed by atoms with Crippen molar-refractivity contribution in [2.75, 3.05) is 13.2 Å². The number of aliphatic hydroxyl groups excluding tert-OH is 2. The Balaban J connectivity index is -0.000000168. The molecule has 14 heavy (non-hydrogen) atoms. The Morgan fingerprint density at radius 2 is 1.21 bits per heavy atom. The van der Waals surface area contributed by atoms with Crippen LogP contribution in [0.3, 0.4) is 0 Å². The second-order valence-corrected chi connectivity index (χ2v) is 2.95. The van der Waals surface area contributed by atoms with Crippen LogP contribution in [0, 0.1) is 5.92 Å². The van der Waals surface area contributed by atoms with Gasteiger partial charge in [0.05, 0.1) is 0 Å².